The number of nitrogens with zero attached hydrogens (tertiary/aromatic N) is 1. The second-order valence-electron chi connectivity index (χ2n) is 9.28. The smallest absolute Gasteiger partial charge is 0.326 e. The minimum absolute atomic E-state index is 0.208. The molecule has 0 bridgehead atoms. The first-order valence-electron chi connectivity index (χ1n) is 11.7. The van der Waals surface area contributed by atoms with Crippen molar-refractivity contribution in [2.24, 2.45) is 11.8 Å². The largest absolute Gasteiger partial charge is 0.480 e. The topological polar surface area (TPSA) is 88.5 Å². The first-order chi connectivity index (χ1) is 16.3. The lowest BCUT2D eigenvalue weighted by Crippen LogP contribution is -2.44. The van der Waals surface area contributed by atoms with E-state index in [2.05, 4.69) is 10.3 Å². The molecule has 2 N–H and O–H groups in total. The Morgan fingerprint density at radius 1 is 1.09 bits per heavy atom. The first kappa shape index (κ1) is 23.7. The summed E-state index contributed by atoms with van der Waals surface area (Å²) in [5.74, 6) is -0.543. The summed E-state index contributed by atoms with van der Waals surface area (Å²) in [5, 5.41) is 13.8. The quantitative estimate of drug-likeness (QED) is 0.444. The third-order valence-corrected chi connectivity index (χ3v) is 6.34. The van der Waals surface area contributed by atoms with Crippen LogP contribution in [0.15, 0.2) is 48.5 Å². The summed E-state index contributed by atoms with van der Waals surface area (Å²) in [7, 11) is 0. The van der Waals surface area contributed by atoms with Crippen molar-refractivity contribution >= 4 is 22.6 Å². The fraction of sp³-hybridized carbons (Fsp3) is 0.370. The van der Waals surface area contributed by atoms with Gasteiger partial charge in [-0.3, -0.25) is 4.79 Å². The Labute approximate surface area is 198 Å². The van der Waals surface area contributed by atoms with E-state index >= 15 is 0 Å². The van der Waals surface area contributed by atoms with Crippen molar-refractivity contribution in [3.8, 4) is 11.5 Å². The van der Waals surface area contributed by atoms with Gasteiger partial charge in [0.05, 0.1) is 0 Å². The standard InChI is InChI=1S/C27H29FN2O4/c1-16(2)25(27(32)33)30-26(31)24-14-18-7-10-21(34-20-11-8-19(28)9-12-20)15-22(18)23(29-24)13-17-5-3-4-6-17/h7-12,14-17,25H,3-6,13H2,1-2H3,(H,30,31)(H,32,33)/t25-/m0/s1. The lowest BCUT2D eigenvalue weighted by molar-refractivity contribution is -0.140. The number of benzene rings is 2. The number of aliphatic carboxylic acids is 1. The third-order valence-electron chi connectivity index (χ3n) is 6.34. The molecule has 1 atom stereocenters. The van der Waals surface area contributed by atoms with E-state index in [1.807, 2.05) is 12.1 Å². The fourth-order valence-electron chi connectivity index (χ4n) is 4.49. The van der Waals surface area contributed by atoms with Crippen LogP contribution in [0.25, 0.3) is 10.8 Å². The highest BCUT2D eigenvalue weighted by Crippen LogP contribution is 2.32. The van der Waals surface area contributed by atoms with Gasteiger partial charge in [-0.15, -0.1) is 0 Å². The number of hydrogen-bond acceptors (Lipinski definition) is 4. The van der Waals surface area contributed by atoms with Crippen LogP contribution in [0.2, 0.25) is 0 Å². The molecule has 2 aromatic carbocycles. The molecule has 0 saturated heterocycles. The van der Waals surface area contributed by atoms with Crippen molar-refractivity contribution in [2.75, 3.05) is 0 Å². The molecule has 0 aliphatic heterocycles. The van der Waals surface area contributed by atoms with Gasteiger partial charge in [0, 0.05) is 11.1 Å². The number of pyridine rings is 1. The molecule has 1 aliphatic rings. The summed E-state index contributed by atoms with van der Waals surface area (Å²) in [6, 6.07) is 12.1. The molecule has 0 radical (unpaired) electrons. The van der Waals surface area contributed by atoms with Crippen LogP contribution < -0.4 is 10.1 Å². The monoisotopic (exact) mass is 464 g/mol. The molecule has 1 aliphatic carbocycles. The van der Waals surface area contributed by atoms with Crippen LogP contribution in [0, 0.1) is 17.7 Å². The van der Waals surface area contributed by atoms with Crippen molar-refractivity contribution in [1.29, 1.82) is 0 Å². The van der Waals surface area contributed by atoms with E-state index < -0.39 is 17.9 Å². The Morgan fingerprint density at radius 2 is 1.76 bits per heavy atom. The summed E-state index contributed by atoms with van der Waals surface area (Å²) < 4.78 is 19.1. The van der Waals surface area contributed by atoms with Gasteiger partial charge in [-0.1, -0.05) is 45.6 Å². The minimum Gasteiger partial charge on any atom is -0.480 e. The normalized spacial score (nSPS) is 14.9. The number of ether oxygens (including phenoxy) is 1. The van der Waals surface area contributed by atoms with E-state index in [-0.39, 0.29) is 17.4 Å². The predicted molar refractivity (Wildman–Crippen MR) is 128 cm³/mol. The van der Waals surface area contributed by atoms with Gasteiger partial charge in [0.25, 0.3) is 5.91 Å². The maximum absolute atomic E-state index is 13.2. The number of carboxylic acids is 1. The van der Waals surface area contributed by atoms with E-state index in [0.29, 0.717) is 17.4 Å². The molecule has 1 saturated carbocycles. The fourth-order valence-corrected chi connectivity index (χ4v) is 4.49. The van der Waals surface area contributed by atoms with E-state index in [4.69, 9.17) is 4.74 Å². The molecule has 1 aromatic heterocycles. The van der Waals surface area contributed by atoms with Crippen molar-refractivity contribution < 1.29 is 23.8 Å². The molecule has 3 aromatic rings. The second kappa shape index (κ2) is 10.2. The Morgan fingerprint density at radius 3 is 2.41 bits per heavy atom. The van der Waals surface area contributed by atoms with Gasteiger partial charge in [-0.2, -0.15) is 0 Å². The van der Waals surface area contributed by atoms with Gasteiger partial charge in [0.1, 0.15) is 29.1 Å². The summed E-state index contributed by atoms with van der Waals surface area (Å²) in [6.45, 7) is 3.50. The number of aromatic nitrogens is 1. The third kappa shape index (κ3) is 5.53. The van der Waals surface area contributed by atoms with Crippen molar-refractivity contribution in [2.45, 2.75) is 52.0 Å². The number of rotatable bonds is 8. The van der Waals surface area contributed by atoms with Crippen molar-refractivity contribution in [3.05, 3.63) is 65.7 Å². The zero-order chi connectivity index (χ0) is 24.2. The molecule has 1 amide bonds. The predicted octanol–water partition coefficient (Wildman–Crippen LogP) is 5.74. The van der Waals surface area contributed by atoms with Crippen LogP contribution in [0.3, 0.4) is 0 Å². The molecule has 6 nitrogen and oxygen atoms in total. The maximum Gasteiger partial charge on any atom is 0.326 e. The average Bonchev–Trinajstić information content (AvgIpc) is 3.31. The Kier molecular flexibility index (Phi) is 7.10. The number of halogens is 1. The Balaban J connectivity index is 1.68. The molecule has 0 unspecified atom stereocenters. The molecule has 1 fully saturated rings. The van der Waals surface area contributed by atoms with Gasteiger partial charge in [0.15, 0.2) is 0 Å². The SMILES string of the molecule is CC(C)[C@H](NC(=O)c1cc2ccc(Oc3ccc(F)cc3)cc2c(CC2CCCC2)n1)C(=O)O. The zero-order valence-electron chi connectivity index (χ0n) is 19.4. The highest BCUT2D eigenvalue weighted by atomic mass is 19.1. The Hall–Kier alpha value is -3.48. The van der Waals surface area contributed by atoms with Gasteiger partial charge < -0.3 is 15.2 Å². The van der Waals surface area contributed by atoms with Gasteiger partial charge in [0.2, 0.25) is 0 Å². The van der Waals surface area contributed by atoms with Crippen LogP contribution in [0.4, 0.5) is 4.39 Å². The first-order valence-corrected chi connectivity index (χ1v) is 11.7. The molecule has 178 valence electrons. The number of carbonyl (C=O) groups excluding carboxylic acids is 1. The number of carboxylic acid groups (broad SMARTS) is 1. The molecule has 34 heavy (non-hydrogen) atoms. The van der Waals surface area contributed by atoms with Crippen molar-refractivity contribution in [3.63, 3.8) is 0 Å². The van der Waals surface area contributed by atoms with Gasteiger partial charge in [-0.05, 0) is 66.1 Å². The van der Waals surface area contributed by atoms with Gasteiger partial charge in [-0.25, -0.2) is 14.2 Å². The zero-order valence-corrected chi connectivity index (χ0v) is 19.4. The van der Waals surface area contributed by atoms with Crippen LogP contribution in [0.5, 0.6) is 11.5 Å². The lowest BCUT2D eigenvalue weighted by atomic mass is 9.97. The van der Waals surface area contributed by atoms with Crippen molar-refractivity contribution in [1.82, 2.24) is 10.3 Å². The number of amides is 1. The maximum atomic E-state index is 13.2. The Bertz CT molecular complexity index is 1190. The molecular formula is C27H29FN2O4. The van der Waals surface area contributed by atoms with E-state index in [1.54, 1.807) is 38.1 Å². The number of fused-ring (bicyclic) bond motifs is 1. The number of hydrogen-bond donors (Lipinski definition) is 2. The second-order valence-corrected chi connectivity index (χ2v) is 9.28. The summed E-state index contributed by atoms with van der Waals surface area (Å²) >= 11 is 0. The highest BCUT2D eigenvalue weighted by Gasteiger charge is 2.25. The van der Waals surface area contributed by atoms with Crippen LogP contribution in [-0.2, 0) is 11.2 Å². The molecule has 1 heterocycles. The molecule has 7 heteroatoms. The minimum atomic E-state index is -1.07. The lowest BCUT2D eigenvalue weighted by Gasteiger charge is -2.19. The van der Waals surface area contributed by atoms with Crippen LogP contribution >= 0.6 is 0 Å². The summed E-state index contributed by atoms with van der Waals surface area (Å²) in [4.78, 5) is 29.2. The van der Waals surface area contributed by atoms with Crippen LogP contribution in [0.1, 0.15) is 55.7 Å². The van der Waals surface area contributed by atoms with Gasteiger partial charge >= 0.3 is 5.97 Å². The van der Waals surface area contributed by atoms with Crippen LogP contribution in [-0.4, -0.2) is 28.0 Å². The average molecular weight is 465 g/mol. The van der Waals surface area contributed by atoms with E-state index in [0.717, 1.165) is 35.7 Å². The molecular weight excluding hydrogens is 435 g/mol. The van der Waals surface area contributed by atoms with E-state index in [9.17, 15) is 19.1 Å². The summed E-state index contributed by atoms with van der Waals surface area (Å²) in [5.41, 5.74) is 1.01. The molecule has 0 spiro atoms. The summed E-state index contributed by atoms with van der Waals surface area (Å²) in [6.07, 6.45) is 5.37. The van der Waals surface area contributed by atoms with E-state index in [1.165, 1.54) is 25.0 Å². The molecule has 4 rings (SSSR count). The number of carbonyl (C=O) groups is 2. The number of nitrogens with one attached hydrogen (secondary N) is 1. The highest BCUT2D eigenvalue weighted by molar-refractivity contribution is 5.99.